The first-order chi connectivity index (χ1) is 14.1. The van der Waals surface area contributed by atoms with Crippen molar-refractivity contribution >= 4 is 11.4 Å². The van der Waals surface area contributed by atoms with Crippen molar-refractivity contribution in [3.63, 3.8) is 0 Å². The second-order valence-corrected chi connectivity index (χ2v) is 6.42. The number of carbonyl (C=O) groups is 1. The van der Waals surface area contributed by atoms with Gasteiger partial charge in [0.25, 0.3) is 5.91 Å². The summed E-state index contributed by atoms with van der Waals surface area (Å²) in [5.41, 5.74) is 1.85. The first-order valence-corrected chi connectivity index (χ1v) is 8.96. The molecule has 0 aliphatic carbocycles. The van der Waals surface area contributed by atoms with Crippen LogP contribution in [0.25, 0.3) is 5.52 Å². The predicted octanol–water partition coefficient (Wildman–Crippen LogP) is 4.12. The Morgan fingerprint density at radius 3 is 2.69 bits per heavy atom. The lowest BCUT2D eigenvalue weighted by Gasteiger charge is -2.11. The number of ether oxygens (including phenoxy) is 1. The number of aromatic nitrogens is 2. The fraction of sp³-hybridized carbons (Fsp3) is 0.0909. The maximum absolute atomic E-state index is 14.2. The van der Waals surface area contributed by atoms with E-state index in [9.17, 15) is 13.6 Å². The van der Waals surface area contributed by atoms with Gasteiger partial charge < -0.3 is 10.1 Å². The number of rotatable bonds is 6. The number of imidazole rings is 1. The minimum absolute atomic E-state index is 0.0206. The Kier molecular flexibility index (Phi) is 5.20. The van der Waals surface area contributed by atoms with E-state index >= 15 is 0 Å². The molecule has 0 saturated heterocycles. The lowest BCUT2D eigenvalue weighted by atomic mass is 10.2. The molecule has 2 aromatic carbocycles. The van der Waals surface area contributed by atoms with E-state index in [1.807, 2.05) is 6.07 Å². The van der Waals surface area contributed by atoms with Crippen molar-refractivity contribution in [2.45, 2.75) is 13.2 Å². The molecule has 1 amide bonds. The van der Waals surface area contributed by atoms with Crippen molar-refractivity contribution in [1.82, 2.24) is 14.7 Å². The molecule has 7 heteroatoms. The van der Waals surface area contributed by atoms with Crippen LogP contribution >= 0.6 is 0 Å². The molecule has 0 saturated carbocycles. The van der Waals surface area contributed by atoms with Crippen molar-refractivity contribution in [3.8, 4) is 5.75 Å². The first kappa shape index (κ1) is 18.6. The number of halogens is 2. The second kappa shape index (κ2) is 8.10. The molecule has 146 valence electrons. The lowest BCUT2D eigenvalue weighted by molar-refractivity contribution is 0.0944. The highest BCUT2D eigenvalue weighted by molar-refractivity contribution is 5.93. The molecular formula is C22H17F2N3O2. The van der Waals surface area contributed by atoms with Gasteiger partial charge in [0.15, 0.2) is 0 Å². The summed E-state index contributed by atoms with van der Waals surface area (Å²) in [6, 6.07) is 15.8. The fourth-order valence-electron chi connectivity index (χ4n) is 2.95. The molecule has 0 aliphatic heterocycles. The van der Waals surface area contributed by atoms with Gasteiger partial charge in [-0.2, -0.15) is 0 Å². The monoisotopic (exact) mass is 393 g/mol. The van der Waals surface area contributed by atoms with Crippen LogP contribution < -0.4 is 10.1 Å². The molecule has 2 aromatic heterocycles. The Balaban J connectivity index is 1.45. The van der Waals surface area contributed by atoms with Crippen LogP contribution in [0.2, 0.25) is 0 Å². The molecule has 0 spiro atoms. The van der Waals surface area contributed by atoms with Gasteiger partial charge in [-0.15, -0.1) is 0 Å². The van der Waals surface area contributed by atoms with Gasteiger partial charge in [0.05, 0.1) is 18.0 Å². The van der Waals surface area contributed by atoms with Crippen LogP contribution in [-0.4, -0.2) is 15.3 Å². The third-order valence-corrected chi connectivity index (χ3v) is 4.49. The van der Waals surface area contributed by atoms with Gasteiger partial charge in [-0.05, 0) is 36.4 Å². The van der Waals surface area contributed by atoms with Gasteiger partial charge >= 0.3 is 0 Å². The maximum Gasteiger partial charge on any atom is 0.268 e. The van der Waals surface area contributed by atoms with E-state index in [0.29, 0.717) is 17.0 Å². The molecule has 0 aliphatic rings. The van der Waals surface area contributed by atoms with E-state index in [0.717, 1.165) is 5.52 Å². The fourth-order valence-corrected chi connectivity index (χ4v) is 2.95. The molecule has 4 rings (SSSR count). The van der Waals surface area contributed by atoms with Crippen LogP contribution in [0.4, 0.5) is 8.78 Å². The summed E-state index contributed by atoms with van der Waals surface area (Å²) in [5.74, 6) is -0.804. The molecule has 0 atom stereocenters. The molecule has 4 aromatic rings. The van der Waals surface area contributed by atoms with Crippen LogP contribution in [0.15, 0.2) is 73.2 Å². The largest absolute Gasteiger partial charge is 0.489 e. The minimum Gasteiger partial charge on any atom is -0.489 e. The van der Waals surface area contributed by atoms with Crippen molar-refractivity contribution in [2.75, 3.05) is 0 Å². The molecule has 1 N–H and O–H groups in total. The number of amides is 1. The number of pyridine rings is 1. The Hall–Kier alpha value is -3.74. The zero-order valence-corrected chi connectivity index (χ0v) is 15.3. The molecule has 0 radical (unpaired) electrons. The Bertz CT molecular complexity index is 1170. The summed E-state index contributed by atoms with van der Waals surface area (Å²) >= 11 is 0. The zero-order valence-electron chi connectivity index (χ0n) is 15.3. The number of nitrogens with one attached hydrogen (secondary N) is 1. The van der Waals surface area contributed by atoms with Crippen LogP contribution in [0.3, 0.4) is 0 Å². The normalized spacial score (nSPS) is 10.8. The van der Waals surface area contributed by atoms with E-state index in [-0.39, 0.29) is 30.4 Å². The van der Waals surface area contributed by atoms with Crippen LogP contribution in [0.5, 0.6) is 5.75 Å². The number of nitrogens with zero attached hydrogens (tertiary/aromatic N) is 2. The summed E-state index contributed by atoms with van der Waals surface area (Å²) < 4.78 is 35.1. The molecule has 0 fully saturated rings. The number of carbonyl (C=O) groups excluding carboxylic acids is 1. The summed E-state index contributed by atoms with van der Waals surface area (Å²) in [5, 5.41) is 2.71. The van der Waals surface area contributed by atoms with Crippen molar-refractivity contribution in [2.24, 2.45) is 0 Å². The lowest BCUT2D eigenvalue weighted by Crippen LogP contribution is -2.25. The quantitative estimate of drug-likeness (QED) is 0.536. The van der Waals surface area contributed by atoms with E-state index in [1.165, 1.54) is 24.3 Å². The van der Waals surface area contributed by atoms with Crippen LogP contribution in [0, 0.1) is 11.6 Å². The van der Waals surface area contributed by atoms with E-state index < -0.39 is 5.82 Å². The first-order valence-electron chi connectivity index (χ1n) is 8.96. The zero-order chi connectivity index (χ0) is 20.2. The summed E-state index contributed by atoms with van der Waals surface area (Å²) in [6.07, 6.45) is 3.19. The van der Waals surface area contributed by atoms with Crippen molar-refractivity contribution in [3.05, 3.63) is 102 Å². The van der Waals surface area contributed by atoms with E-state index in [2.05, 4.69) is 10.3 Å². The highest BCUT2D eigenvalue weighted by Gasteiger charge is 2.12. The highest BCUT2D eigenvalue weighted by Crippen LogP contribution is 2.19. The standard InChI is InChI=1S/C22H17F2N3O2/c23-19-6-2-1-4-15(19)13-29-18-8-9-20(24)16(10-18)11-26-22(28)21-7-3-5-17-12-25-14-27(17)21/h1-10,12,14H,11,13H2,(H,26,28). The number of hydrogen-bond acceptors (Lipinski definition) is 3. The van der Waals surface area contributed by atoms with Gasteiger partial charge in [0.1, 0.15) is 29.7 Å². The molecular weight excluding hydrogens is 376 g/mol. The van der Waals surface area contributed by atoms with Gasteiger partial charge in [-0.3, -0.25) is 9.20 Å². The van der Waals surface area contributed by atoms with Gasteiger partial charge in [0, 0.05) is 17.7 Å². The summed E-state index contributed by atoms with van der Waals surface area (Å²) in [6.45, 7) is -0.000614. The van der Waals surface area contributed by atoms with Gasteiger partial charge in [-0.1, -0.05) is 24.3 Å². The third-order valence-electron chi connectivity index (χ3n) is 4.49. The number of hydrogen-bond donors (Lipinski definition) is 1. The van der Waals surface area contributed by atoms with Crippen LogP contribution in [0.1, 0.15) is 21.6 Å². The average molecular weight is 393 g/mol. The van der Waals surface area contributed by atoms with Crippen molar-refractivity contribution < 1.29 is 18.3 Å². The number of benzene rings is 2. The van der Waals surface area contributed by atoms with Gasteiger partial charge in [0.2, 0.25) is 0 Å². The summed E-state index contributed by atoms with van der Waals surface area (Å²) in [4.78, 5) is 16.5. The predicted molar refractivity (Wildman–Crippen MR) is 103 cm³/mol. The van der Waals surface area contributed by atoms with E-state index in [1.54, 1.807) is 47.3 Å². The Morgan fingerprint density at radius 2 is 1.83 bits per heavy atom. The van der Waals surface area contributed by atoms with Gasteiger partial charge in [-0.25, -0.2) is 13.8 Å². The Labute approximate surface area is 165 Å². The molecule has 0 bridgehead atoms. The smallest absolute Gasteiger partial charge is 0.268 e. The number of fused-ring (bicyclic) bond motifs is 1. The molecule has 5 nitrogen and oxygen atoms in total. The molecule has 29 heavy (non-hydrogen) atoms. The second-order valence-electron chi connectivity index (χ2n) is 6.42. The highest BCUT2D eigenvalue weighted by atomic mass is 19.1. The molecule has 2 heterocycles. The maximum atomic E-state index is 14.2. The Morgan fingerprint density at radius 1 is 1.00 bits per heavy atom. The average Bonchev–Trinajstić information content (AvgIpc) is 3.22. The third kappa shape index (κ3) is 4.08. The summed E-state index contributed by atoms with van der Waals surface area (Å²) in [7, 11) is 0. The van der Waals surface area contributed by atoms with Crippen LogP contribution in [-0.2, 0) is 13.2 Å². The van der Waals surface area contributed by atoms with Crippen molar-refractivity contribution in [1.29, 1.82) is 0 Å². The van der Waals surface area contributed by atoms with E-state index in [4.69, 9.17) is 4.74 Å². The minimum atomic E-state index is -0.468. The topological polar surface area (TPSA) is 55.6 Å². The molecule has 0 unspecified atom stereocenters. The SMILES string of the molecule is O=C(NCc1cc(OCc2ccccc2F)ccc1F)c1cccc2cncn12.